The summed E-state index contributed by atoms with van der Waals surface area (Å²) in [6.45, 7) is 5.38. The number of thioether (sulfide) groups is 1. The number of allylic oxidation sites excluding steroid dienone is 1. The molecular weight excluding hydrogens is 402 g/mol. The van der Waals surface area contributed by atoms with Crippen molar-refractivity contribution in [3.05, 3.63) is 67.0 Å². The number of nitrogens with zero attached hydrogens (tertiary/aromatic N) is 3. The first-order valence-electron chi connectivity index (χ1n) is 9.60. The van der Waals surface area contributed by atoms with Crippen molar-refractivity contribution >= 4 is 11.8 Å². The standard InChI is InChI=1S/C22H23N3O4S/c1-3-12-25-21(20-15-28-18-6-4-5-7-19(18)29-20)23-24-22(25)30-14-13-27-17-10-8-16(26-2)9-11-17/h3-11,20H,1,12-15H2,2H3. The van der Waals surface area contributed by atoms with Gasteiger partial charge in [-0.3, -0.25) is 4.57 Å². The first-order chi connectivity index (χ1) is 14.8. The lowest BCUT2D eigenvalue weighted by atomic mass is 10.2. The average molecular weight is 426 g/mol. The van der Waals surface area contributed by atoms with Gasteiger partial charge < -0.3 is 18.9 Å². The lowest BCUT2D eigenvalue weighted by molar-refractivity contribution is 0.0821. The van der Waals surface area contributed by atoms with Crippen LogP contribution in [0.2, 0.25) is 0 Å². The zero-order valence-corrected chi connectivity index (χ0v) is 17.5. The Morgan fingerprint density at radius 2 is 1.90 bits per heavy atom. The van der Waals surface area contributed by atoms with Gasteiger partial charge in [0.15, 0.2) is 28.6 Å². The van der Waals surface area contributed by atoms with Gasteiger partial charge in [-0.25, -0.2) is 0 Å². The van der Waals surface area contributed by atoms with Crippen molar-refractivity contribution in [2.75, 3.05) is 26.1 Å². The van der Waals surface area contributed by atoms with Gasteiger partial charge in [0.2, 0.25) is 0 Å². The number of hydrogen-bond acceptors (Lipinski definition) is 7. The van der Waals surface area contributed by atoms with Gasteiger partial charge in [0.05, 0.1) is 13.7 Å². The molecule has 0 aliphatic carbocycles. The van der Waals surface area contributed by atoms with E-state index in [0.717, 1.165) is 34.0 Å². The first kappa shape index (κ1) is 20.2. The van der Waals surface area contributed by atoms with Crippen LogP contribution < -0.4 is 18.9 Å². The summed E-state index contributed by atoms with van der Waals surface area (Å²) in [5.41, 5.74) is 0. The second-order valence-corrected chi connectivity index (χ2v) is 7.54. The van der Waals surface area contributed by atoms with Gasteiger partial charge in [0.1, 0.15) is 18.1 Å². The van der Waals surface area contributed by atoms with Crippen LogP contribution in [-0.4, -0.2) is 40.8 Å². The molecule has 1 atom stereocenters. The molecule has 0 amide bonds. The third-order valence-corrected chi connectivity index (χ3v) is 5.43. The number of methoxy groups -OCH3 is 1. The molecule has 0 bridgehead atoms. The van der Waals surface area contributed by atoms with Crippen LogP contribution in [-0.2, 0) is 6.54 Å². The maximum Gasteiger partial charge on any atom is 0.192 e. The highest BCUT2D eigenvalue weighted by molar-refractivity contribution is 7.99. The van der Waals surface area contributed by atoms with E-state index in [2.05, 4.69) is 16.8 Å². The molecule has 1 aliphatic rings. The number of aromatic nitrogens is 3. The Hall–Kier alpha value is -3.13. The van der Waals surface area contributed by atoms with Crippen molar-refractivity contribution in [1.29, 1.82) is 0 Å². The Morgan fingerprint density at radius 1 is 1.13 bits per heavy atom. The summed E-state index contributed by atoms with van der Waals surface area (Å²) in [7, 11) is 1.64. The number of rotatable bonds is 9. The highest BCUT2D eigenvalue weighted by Gasteiger charge is 2.28. The molecule has 0 saturated carbocycles. The van der Waals surface area contributed by atoms with Crippen LogP contribution in [0.25, 0.3) is 0 Å². The zero-order valence-electron chi connectivity index (χ0n) is 16.7. The van der Waals surface area contributed by atoms with E-state index in [-0.39, 0.29) is 6.10 Å². The fourth-order valence-electron chi connectivity index (χ4n) is 3.06. The minimum Gasteiger partial charge on any atom is -0.497 e. The fourth-order valence-corrected chi connectivity index (χ4v) is 3.83. The van der Waals surface area contributed by atoms with Crippen LogP contribution in [0, 0.1) is 0 Å². The van der Waals surface area contributed by atoms with Crippen molar-refractivity contribution in [2.45, 2.75) is 17.8 Å². The van der Waals surface area contributed by atoms with Gasteiger partial charge in [0, 0.05) is 12.3 Å². The minimum atomic E-state index is -0.322. The second kappa shape index (κ2) is 9.58. The molecule has 4 rings (SSSR count). The molecule has 2 heterocycles. The fraction of sp³-hybridized carbons (Fsp3) is 0.273. The third kappa shape index (κ3) is 4.54. The predicted molar refractivity (Wildman–Crippen MR) is 115 cm³/mol. The lowest BCUT2D eigenvalue weighted by Crippen LogP contribution is -2.25. The molecular formula is C22H23N3O4S. The van der Waals surface area contributed by atoms with E-state index in [4.69, 9.17) is 18.9 Å². The SMILES string of the molecule is C=CCn1c(SCCOc2ccc(OC)cc2)nnc1C1COc2ccccc2O1. The Balaban J connectivity index is 1.38. The molecule has 0 saturated heterocycles. The summed E-state index contributed by atoms with van der Waals surface area (Å²) in [6, 6.07) is 15.2. The summed E-state index contributed by atoms with van der Waals surface area (Å²) >= 11 is 1.58. The monoisotopic (exact) mass is 425 g/mol. The highest BCUT2D eigenvalue weighted by atomic mass is 32.2. The van der Waals surface area contributed by atoms with E-state index in [1.807, 2.05) is 59.2 Å². The summed E-state index contributed by atoms with van der Waals surface area (Å²) in [4.78, 5) is 0. The van der Waals surface area contributed by atoms with Crippen molar-refractivity contribution in [3.63, 3.8) is 0 Å². The molecule has 8 heteroatoms. The molecule has 1 aromatic heterocycles. The number of ether oxygens (including phenoxy) is 4. The van der Waals surface area contributed by atoms with E-state index in [0.29, 0.717) is 25.5 Å². The van der Waals surface area contributed by atoms with E-state index in [1.165, 1.54) is 0 Å². The molecule has 0 fully saturated rings. The topological polar surface area (TPSA) is 67.6 Å². The Morgan fingerprint density at radius 3 is 2.67 bits per heavy atom. The highest BCUT2D eigenvalue weighted by Crippen LogP contribution is 2.36. The minimum absolute atomic E-state index is 0.322. The number of para-hydroxylation sites is 2. The molecule has 0 spiro atoms. The van der Waals surface area contributed by atoms with Crippen molar-refractivity contribution in [3.8, 4) is 23.0 Å². The largest absolute Gasteiger partial charge is 0.497 e. The molecule has 7 nitrogen and oxygen atoms in total. The predicted octanol–water partition coefficient (Wildman–Crippen LogP) is 4.16. The molecule has 3 aromatic rings. The Bertz CT molecular complexity index is 990. The van der Waals surface area contributed by atoms with Crippen LogP contribution >= 0.6 is 11.8 Å². The van der Waals surface area contributed by atoms with Crippen LogP contribution in [0.4, 0.5) is 0 Å². The van der Waals surface area contributed by atoms with Gasteiger partial charge in [-0.05, 0) is 36.4 Å². The zero-order chi connectivity index (χ0) is 20.8. The summed E-state index contributed by atoms with van der Waals surface area (Å²) < 4.78 is 24.9. The van der Waals surface area contributed by atoms with Crippen LogP contribution in [0.15, 0.2) is 66.3 Å². The summed E-state index contributed by atoms with van der Waals surface area (Å²) in [5.74, 6) is 4.52. The second-order valence-electron chi connectivity index (χ2n) is 6.48. The van der Waals surface area contributed by atoms with E-state index < -0.39 is 0 Å². The van der Waals surface area contributed by atoms with Gasteiger partial charge in [-0.2, -0.15) is 0 Å². The Labute approximate surface area is 179 Å². The van der Waals surface area contributed by atoms with Crippen molar-refractivity contribution in [1.82, 2.24) is 14.8 Å². The van der Waals surface area contributed by atoms with E-state index in [9.17, 15) is 0 Å². The normalized spacial score (nSPS) is 14.9. The van der Waals surface area contributed by atoms with Gasteiger partial charge >= 0.3 is 0 Å². The third-order valence-electron chi connectivity index (χ3n) is 4.50. The van der Waals surface area contributed by atoms with Crippen LogP contribution in [0.5, 0.6) is 23.0 Å². The van der Waals surface area contributed by atoms with Gasteiger partial charge in [-0.15, -0.1) is 16.8 Å². The average Bonchev–Trinajstić information content (AvgIpc) is 3.19. The van der Waals surface area contributed by atoms with Crippen LogP contribution in [0.3, 0.4) is 0 Å². The number of benzene rings is 2. The quantitative estimate of drug-likeness (QED) is 0.290. The lowest BCUT2D eigenvalue weighted by Gasteiger charge is -2.26. The smallest absolute Gasteiger partial charge is 0.192 e. The summed E-state index contributed by atoms with van der Waals surface area (Å²) in [6.07, 6.45) is 1.50. The molecule has 2 aromatic carbocycles. The van der Waals surface area contributed by atoms with Crippen molar-refractivity contribution < 1.29 is 18.9 Å². The molecule has 0 N–H and O–H groups in total. The Kier molecular flexibility index (Phi) is 6.44. The van der Waals surface area contributed by atoms with E-state index >= 15 is 0 Å². The molecule has 1 aliphatic heterocycles. The molecule has 1 unspecified atom stereocenters. The summed E-state index contributed by atoms with van der Waals surface area (Å²) in [5, 5.41) is 9.52. The van der Waals surface area contributed by atoms with Crippen LogP contribution in [0.1, 0.15) is 11.9 Å². The maximum absolute atomic E-state index is 6.09. The van der Waals surface area contributed by atoms with Gasteiger partial charge in [0.25, 0.3) is 0 Å². The van der Waals surface area contributed by atoms with E-state index in [1.54, 1.807) is 18.9 Å². The maximum atomic E-state index is 6.09. The molecule has 30 heavy (non-hydrogen) atoms. The van der Waals surface area contributed by atoms with Gasteiger partial charge in [-0.1, -0.05) is 30.0 Å². The molecule has 0 radical (unpaired) electrons. The van der Waals surface area contributed by atoms with Crippen molar-refractivity contribution in [2.24, 2.45) is 0 Å². The number of hydrogen-bond donors (Lipinski definition) is 0. The molecule has 156 valence electrons. The number of fused-ring (bicyclic) bond motifs is 1. The first-order valence-corrected chi connectivity index (χ1v) is 10.6.